The first-order valence-corrected chi connectivity index (χ1v) is 9.83. The molecule has 0 spiro atoms. The fourth-order valence-corrected chi connectivity index (χ4v) is 4.49. The van der Waals surface area contributed by atoms with Crippen molar-refractivity contribution in [2.24, 2.45) is 0 Å². The summed E-state index contributed by atoms with van der Waals surface area (Å²) in [6.07, 6.45) is 4.75. The van der Waals surface area contributed by atoms with Gasteiger partial charge in [-0.3, -0.25) is 4.90 Å². The normalized spacial score (nSPS) is 21.3. The molecular weight excluding hydrogens is 292 g/mol. The van der Waals surface area contributed by atoms with Crippen LogP contribution in [-0.4, -0.2) is 58.6 Å². The van der Waals surface area contributed by atoms with Gasteiger partial charge in [0.15, 0.2) is 0 Å². The quantitative estimate of drug-likeness (QED) is 0.852. The first-order valence-electron chi connectivity index (χ1n) is 8.67. The first-order chi connectivity index (χ1) is 10.8. The molecule has 122 valence electrons. The first kappa shape index (κ1) is 16.1. The maximum atomic E-state index is 4.68. The van der Waals surface area contributed by atoms with Gasteiger partial charge < -0.3 is 4.90 Å². The molecule has 0 aliphatic carbocycles. The molecule has 0 atom stereocenters. The van der Waals surface area contributed by atoms with Crippen LogP contribution >= 0.6 is 11.8 Å². The number of thioether (sulfide) groups is 1. The molecule has 2 saturated heterocycles. The van der Waals surface area contributed by atoms with E-state index in [1.54, 1.807) is 0 Å². The van der Waals surface area contributed by atoms with Gasteiger partial charge in [-0.1, -0.05) is 13.3 Å². The number of nitrogens with zero attached hydrogens (tertiary/aromatic N) is 4. The lowest BCUT2D eigenvalue weighted by atomic mass is 10.0. The molecule has 0 bridgehead atoms. The third-order valence-corrected chi connectivity index (χ3v) is 5.68. The molecular formula is C17H28N4S. The number of hydrogen-bond donors (Lipinski definition) is 0. The minimum atomic E-state index is 0.787. The van der Waals surface area contributed by atoms with Crippen molar-refractivity contribution in [2.75, 3.05) is 42.6 Å². The molecule has 22 heavy (non-hydrogen) atoms. The molecule has 0 aromatic carbocycles. The number of rotatable bonds is 4. The highest BCUT2D eigenvalue weighted by atomic mass is 32.2. The van der Waals surface area contributed by atoms with Crippen molar-refractivity contribution in [1.29, 1.82) is 0 Å². The van der Waals surface area contributed by atoms with Gasteiger partial charge in [0.2, 0.25) is 0 Å². The lowest BCUT2D eigenvalue weighted by molar-refractivity contribution is 0.185. The van der Waals surface area contributed by atoms with E-state index >= 15 is 0 Å². The summed E-state index contributed by atoms with van der Waals surface area (Å²) >= 11 is 2.10. The van der Waals surface area contributed by atoms with E-state index in [9.17, 15) is 0 Å². The average Bonchev–Trinajstić information content (AvgIpc) is 2.56. The van der Waals surface area contributed by atoms with Crippen molar-refractivity contribution in [3.05, 3.63) is 17.6 Å². The third-order valence-electron chi connectivity index (χ3n) is 4.73. The Morgan fingerprint density at radius 1 is 1.14 bits per heavy atom. The van der Waals surface area contributed by atoms with Crippen molar-refractivity contribution in [3.8, 4) is 0 Å². The summed E-state index contributed by atoms with van der Waals surface area (Å²) in [6, 6.07) is 2.99. The highest BCUT2D eigenvalue weighted by Crippen LogP contribution is 2.24. The van der Waals surface area contributed by atoms with Gasteiger partial charge in [0, 0.05) is 55.5 Å². The van der Waals surface area contributed by atoms with Gasteiger partial charge in [0.25, 0.3) is 0 Å². The number of aryl methyl sites for hydroxylation is 2. The molecule has 1 aromatic heterocycles. The summed E-state index contributed by atoms with van der Waals surface area (Å²) in [4.78, 5) is 14.4. The number of hydrogen-bond acceptors (Lipinski definition) is 5. The molecule has 3 heterocycles. The van der Waals surface area contributed by atoms with Crippen molar-refractivity contribution >= 4 is 17.6 Å². The van der Waals surface area contributed by atoms with Gasteiger partial charge in [-0.2, -0.15) is 11.8 Å². The van der Waals surface area contributed by atoms with Gasteiger partial charge in [-0.25, -0.2) is 9.97 Å². The Balaban J connectivity index is 1.61. The number of piperidine rings is 1. The van der Waals surface area contributed by atoms with Gasteiger partial charge in [0.1, 0.15) is 11.6 Å². The number of aromatic nitrogens is 2. The summed E-state index contributed by atoms with van der Waals surface area (Å²) in [5.41, 5.74) is 1.19. The summed E-state index contributed by atoms with van der Waals surface area (Å²) in [5, 5.41) is 0. The maximum absolute atomic E-state index is 4.68. The van der Waals surface area contributed by atoms with Gasteiger partial charge in [0.05, 0.1) is 0 Å². The molecule has 2 aliphatic rings. The smallest absolute Gasteiger partial charge is 0.132 e. The molecule has 0 amide bonds. The third kappa shape index (κ3) is 3.93. The molecule has 2 aliphatic heterocycles. The van der Waals surface area contributed by atoms with E-state index in [0.717, 1.165) is 43.6 Å². The van der Waals surface area contributed by atoms with Gasteiger partial charge in [-0.15, -0.1) is 0 Å². The van der Waals surface area contributed by atoms with Crippen LogP contribution in [0.2, 0.25) is 0 Å². The molecule has 2 fully saturated rings. The lowest BCUT2D eigenvalue weighted by Crippen LogP contribution is -2.48. The molecule has 0 N–H and O–H groups in total. The summed E-state index contributed by atoms with van der Waals surface area (Å²) < 4.78 is 0. The van der Waals surface area contributed by atoms with Crippen LogP contribution in [0, 0.1) is 6.92 Å². The monoisotopic (exact) mass is 320 g/mol. The highest BCUT2D eigenvalue weighted by Gasteiger charge is 2.26. The van der Waals surface area contributed by atoms with Crippen molar-refractivity contribution in [1.82, 2.24) is 14.9 Å². The van der Waals surface area contributed by atoms with Crippen LogP contribution in [0.25, 0.3) is 0 Å². The van der Waals surface area contributed by atoms with Crippen LogP contribution in [0.15, 0.2) is 6.07 Å². The molecule has 3 rings (SSSR count). The second kappa shape index (κ2) is 7.64. The maximum Gasteiger partial charge on any atom is 0.132 e. The Morgan fingerprint density at radius 2 is 1.86 bits per heavy atom. The van der Waals surface area contributed by atoms with E-state index in [0.29, 0.717) is 0 Å². The SMILES string of the molecule is CCCc1cc(N2CCC(N3CCSCC3)CC2)nc(C)n1. The Bertz CT molecular complexity index is 480. The van der Waals surface area contributed by atoms with Crippen LogP contribution in [-0.2, 0) is 6.42 Å². The van der Waals surface area contributed by atoms with Crippen LogP contribution in [0.3, 0.4) is 0 Å². The van der Waals surface area contributed by atoms with Gasteiger partial charge >= 0.3 is 0 Å². The van der Waals surface area contributed by atoms with Crippen molar-refractivity contribution < 1.29 is 0 Å². The molecule has 0 saturated carbocycles. The van der Waals surface area contributed by atoms with E-state index in [1.807, 2.05) is 6.92 Å². The van der Waals surface area contributed by atoms with E-state index in [2.05, 4.69) is 44.5 Å². The zero-order valence-electron chi connectivity index (χ0n) is 13.9. The zero-order valence-corrected chi connectivity index (χ0v) is 14.7. The second-order valence-corrected chi connectivity index (χ2v) is 7.61. The van der Waals surface area contributed by atoms with E-state index in [1.165, 1.54) is 43.1 Å². The summed E-state index contributed by atoms with van der Waals surface area (Å²) in [5.74, 6) is 4.68. The van der Waals surface area contributed by atoms with Crippen LogP contribution in [0.1, 0.15) is 37.7 Å². The predicted octanol–water partition coefficient (Wildman–Crippen LogP) is 2.76. The highest BCUT2D eigenvalue weighted by molar-refractivity contribution is 7.99. The van der Waals surface area contributed by atoms with E-state index in [-0.39, 0.29) is 0 Å². The Labute approximate surface area is 138 Å². The predicted molar refractivity (Wildman–Crippen MR) is 94.9 cm³/mol. The fraction of sp³-hybridized carbons (Fsp3) is 0.765. The molecule has 4 nitrogen and oxygen atoms in total. The molecule has 1 aromatic rings. The minimum absolute atomic E-state index is 0.787. The molecule has 5 heteroatoms. The fourth-order valence-electron chi connectivity index (χ4n) is 3.56. The van der Waals surface area contributed by atoms with E-state index in [4.69, 9.17) is 0 Å². The van der Waals surface area contributed by atoms with Crippen LogP contribution in [0.5, 0.6) is 0 Å². The van der Waals surface area contributed by atoms with E-state index < -0.39 is 0 Å². The topological polar surface area (TPSA) is 32.3 Å². The van der Waals surface area contributed by atoms with Crippen LogP contribution < -0.4 is 4.90 Å². The lowest BCUT2D eigenvalue weighted by Gasteiger charge is -2.40. The van der Waals surface area contributed by atoms with Gasteiger partial charge in [-0.05, 0) is 26.2 Å². The minimum Gasteiger partial charge on any atom is -0.356 e. The Hall–Kier alpha value is -0.810. The molecule has 0 radical (unpaired) electrons. The summed E-state index contributed by atoms with van der Waals surface area (Å²) in [7, 11) is 0. The Kier molecular flexibility index (Phi) is 5.58. The molecule has 0 unspecified atom stereocenters. The second-order valence-electron chi connectivity index (χ2n) is 6.38. The largest absolute Gasteiger partial charge is 0.356 e. The average molecular weight is 321 g/mol. The van der Waals surface area contributed by atoms with Crippen LogP contribution in [0.4, 0.5) is 5.82 Å². The Morgan fingerprint density at radius 3 is 2.55 bits per heavy atom. The van der Waals surface area contributed by atoms with Crippen molar-refractivity contribution in [3.63, 3.8) is 0 Å². The standard InChI is InChI=1S/C17H28N4S/c1-3-4-15-13-17(19-14(2)18-15)21-7-5-16(6-8-21)20-9-11-22-12-10-20/h13,16H,3-12H2,1-2H3. The number of anilines is 1. The van der Waals surface area contributed by atoms with Crippen molar-refractivity contribution in [2.45, 2.75) is 45.6 Å². The zero-order chi connectivity index (χ0) is 15.4. The summed E-state index contributed by atoms with van der Waals surface area (Å²) in [6.45, 7) is 9.05.